The van der Waals surface area contributed by atoms with Gasteiger partial charge in [0.1, 0.15) is 5.75 Å². The number of carbonyl (C=O) groups is 1. The van der Waals surface area contributed by atoms with Crippen molar-refractivity contribution < 1.29 is 14.3 Å². The van der Waals surface area contributed by atoms with Crippen LogP contribution < -0.4 is 9.64 Å². The van der Waals surface area contributed by atoms with Crippen LogP contribution in [0, 0.1) is 12.3 Å². The largest absolute Gasteiger partial charge is 0.493 e. The quantitative estimate of drug-likeness (QED) is 0.380. The summed E-state index contributed by atoms with van der Waals surface area (Å²) in [5.74, 6) is 0.931. The zero-order chi connectivity index (χ0) is 26.7. The van der Waals surface area contributed by atoms with Crippen molar-refractivity contribution in [2.24, 2.45) is 5.41 Å². The summed E-state index contributed by atoms with van der Waals surface area (Å²) in [5, 5.41) is 6.63. The van der Waals surface area contributed by atoms with Gasteiger partial charge in [-0.3, -0.25) is 4.79 Å². The number of aromatic nitrogens is 2. The van der Waals surface area contributed by atoms with Gasteiger partial charge in [0.2, 0.25) is 5.91 Å². The van der Waals surface area contributed by atoms with E-state index in [-0.39, 0.29) is 17.6 Å². The summed E-state index contributed by atoms with van der Waals surface area (Å²) in [6.45, 7) is 10.7. The van der Waals surface area contributed by atoms with Crippen LogP contribution in [0.4, 0.5) is 5.69 Å². The van der Waals surface area contributed by atoms with Crippen LogP contribution in [0.25, 0.3) is 22.0 Å². The average Bonchev–Trinajstić information content (AvgIpc) is 3.58. The minimum Gasteiger partial charge on any atom is -0.493 e. The SMILES string of the molecule is C=CC(=O)N1CC2(CCN(c3cc4c(c(-c5c(C)ccc6c5cnn6C5CCCCO5)c3Cl)OCCC4)C2)C1. The number of anilines is 1. The maximum atomic E-state index is 12.1. The number of hydrogen-bond acceptors (Lipinski definition) is 5. The first-order valence-corrected chi connectivity index (χ1v) is 14.6. The molecular formula is C31H35ClN4O3. The van der Waals surface area contributed by atoms with Crippen molar-refractivity contribution in [3.63, 3.8) is 0 Å². The van der Waals surface area contributed by atoms with Gasteiger partial charge in [0.15, 0.2) is 6.23 Å². The van der Waals surface area contributed by atoms with Gasteiger partial charge in [-0.15, -0.1) is 0 Å². The molecule has 7 rings (SSSR count). The van der Waals surface area contributed by atoms with Gasteiger partial charge in [-0.05, 0) is 74.8 Å². The van der Waals surface area contributed by atoms with Crippen molar-refractivity contribution in [2.75, 3.05) is 44.3 Å². The molecule has 4 aliphatic heterocycles. The first-order chi connectivity index (χ1) is 19.0. The van der Waals surface area contributed by atoms with E-state index in [4.69, 9.17) is 26.2 Å². The maximum Gasteiger partial charge on any atom is 0.245 e. The van der Waals surface area contributed by atoms with Crippen molar-refractivity contribution in [2.45, 2.75) is 51.7 Å². The molecule has 1 unspecified atom stereocenters. The van der Waals surface area contributed by atoms with Gasteiger partial charge in [-0.2, -0.15) is 5.10 Å². The normalized spacial score (nSPS) is 22.1. The Labute approximate surface area is 234 Å². The molecule has 204 valence electrons. The molecule has 4 aliphatic rings. The van der Waals surface area contributed by atoms with E-state index in [1.807, 2.05) is 15.8 Å². The van der Waals surface area contributed by atoms with Gasteiger partial charge < -0.3 is 19.3 Å². The molecule has 39 heavy (non-hydrogen) atoms. The van der Waals surface area contributed by atoms with Crippen molar-refractivity contribution in [1.82, 2.24) is 14.7 Å². The molecule has 2 aromatic carbocycles. The predicted octanol–water partition coefficient (Wildman–Crippen LogP) is 5.91. The Morgan fingerprint density at radius 1 is 1.18 bits per heavy atom. The summed E-state index contributed by atoms with van der Waals surface area (Å²) >= 11 is 7.39. The number of amides is 1. The lowest BCUT2D eigenvalue weighted by Gasteiger charge is -2.47. The Morgan fingerprint density at radius 2 is 2.05 bits per heavy atom. The number of hydrogen-bond donors (Lipinski definition) is 0. The van der Waals surface area contributed by atoms with Crippen LogP contribution in [0.15, 0.2) is 37.1 Å². The summed E-state index contributed by atoms with van der Waals surface area (Å²) in [6.07, 6.45) is 9.60. The molecule has 3 fully saturated rings. The second-order valence-electron chi connectivity index (χ2n) is 11.7. The van der Waals surface area contributed by atoms with Crippen LogP contribution in [-0.2, 0) is 16.0 Å². The fourth-order valence-electron chi connectivity index (χ4n) is 7.08. The number of fused-ring (bicyclic) bond motifs is 2. The molecule has 1 atom stereocenters. The number of aryl methyl sites for hydroxylation is 2. The minimum absolute atomic E-state index is 0.0214. The molecule has 8 heteroatoms. The third kappa shape index (κ3) is 4.04. The number of nitrogens with zero attached hydrogens (tertiary/aromatic N) is 4. The lowest BCUT2D eigenvalue weighted by atomic mass is 9.79. The van der Waals surface area contributed by atoms with E-state index in [0.29, 0.717) is 6.61 Å². The summed E-state index contributed by atoms with van der Waals surface area (Å²) in [7, 11) is 0. The Morgan fingerprint density at radius 3 is 2.85 bits per heavy atom. The molecule has 7 nitrogen and oxygen atoms in total. The van der Waals surface area contributed by atoms with Crippen molar-refractivity contribution in [3.8, 4) is 16.9 Å². The molecule has 3 saturated heterocycles. The van der Waals surface area contributed by atoms with Crippen LogP contribution >= 0.6 is 11.6 Å². The van der Waals surface area contributed by atoms with Gasteiger partial charge in [0.25, 0.3) is 0 Å². The van der Waals surface area contributed by atoms with Gasteiger partial charge in [-0.25, -0.2) is 4.68 Å². The highest BCUT2D eigenvalue weighted by atomic mass is 35.5. The van der Waals surface area contributed by atoms with E-state index < -0.39 is 0 Å². The van der Waals surface area contributed by atoms with Crippen LogP contribution in [0.1, 0.15) is 49.5 Å². The third-order valence-electron chi connectivity index (χ3n) is 9.10. The smallest absolute Gasteiger partial charge is 0.245 e. The highest BCUT2D eigenvalue weighted by Gasteiger charge is 2.49. The monoisotopic (exact) mass is 546 g/mol. The average molecular weight is 547 g/mol. The molecule has 0 radical (unpaired) electrons. The van der Waals surface area contributed by atoms with E-state index in [9.17, 15) is 4.79 Å². The summed E-state index contributed by atoms with van der Waals surface area (Å²) in [5.41, 5.74) is 6.71. The van der Waals surface area contributed by atoms with Gasteiger partial charge in [0.05, 0.1) is 29.0 Å². The maximum absolute atomic E-state index is 12.1. The van der Waals surface area contributed by atoms with Gasteiger partial charge in [0, 0.05) is 54.7 Å². The Hall–Kier alpha value is -3.03. The molecule has 0 saturated carbocycles. The number of likely N-dealkylation sites (tertiary alicyclic amines) is 1. The molecule has 5 heterocycles. The van der Waals surface area contributed by atoms with Crippen LogP contribution in [0.2, 0.25) is 5.02 Å². The van der Waals surface area contributed by atoms with Crippen LogP contribution in [0.3, 0.4) is 0 Å². The molecule has 1 amide bonds. The first kappa shape index (κ1) is 25.0. The zero-order valence-electron chi connectivity index (χ0n) is 22.5. The Balaban J connectivity index is 1.31. The van der Waals surface area contributed by atoms with E-state index in [1.54, 1.807) is 0 Å². The predicted molar refractivity (Wildman–Crippen MR) is 154 cm³/mol. The topological polar surface area (TPSA) is 59.8 Å². The molecule has 3 aromatic rings. The third-order valence-corrected chi connectivity index (χ3v) is 9.48. The van der Waals surface area contributed by atoms with E-state index in [2.05, 4.69) is 36.6 Å². The molecule has 0 aliphatic carbocycles. The standard InChI is InChI=1S/C31H35ClN4O3/c1-3-25(37)35-18-31(19-35)11-12-34(17-31)24-15-21-7-6-14-39-30(21)28(29(24)32)27-20(2)9-10-23-22(27)16-33-36(23)26-8-4-5-13-38-26/h3,9-10,15-16,26H,1,4-8,11-14,17-19H2,2H3. The lowest BCUT2D eigenvalue weighted by molar-refractivity contribution is -0.136. The lowest BCUT2D eigenvalue weighted by Crippen LogP contribution is -2.59. The number of halogens is 1. The highest BCUT2D eigenvalue weighted by molar-refractivity contribution is 6.37. The molecular weight excluding hydrogens is 512 g/mol. The minimum atomic E-state index is -0.0328. The van der Waals surface area contributed by atoms with Gasteiger partial charge >= 0.3 is 0 Å². The van der Waals surface area contributed by atoms with Gasteiger partial charge in [-0.1, -0.05) is 24.2 Å². The van der Waals surface area contributed by atoms with Crippen LogP contribution in [-0.4, -0.2) is 60.0 Å². The number of rotatable bonds is 4. The fourth-order valence-corrected chi connectivity index (χ4v) is 7.43. The summed E-state index contributed by atoms with van der Waals surface area (Å²) in [6, 6.07) is 6.57. The van der Waals surface area contributed by atoms with Crippen LogP contribution in [0.5, 0.6) is 5.75 Å². The van der Waals surface area contributed by atoms with E-state index >= 15 is 0 Å². The molecule has 0 N–H and O–H groups in total. The second kappa shape index (κ2) is 9.56. The number of ether oxygens (including phenoxy) is 2. The Kier molecular flexibility index (Phi) is 6.12. The van der Waals surface area contributed by atoms with Crippen molar-refractivity contribution in [3.05, 3.63) is 53.2 Å². The second-order valence-corrected chi connectivity index (χ2v) is 12.1. The molecule has 1 aromatic heterocycles. The Bertz CT molecular complexity index is 1470. The van der Waals surface area contributed by atoms with Crippen molar-refractivity contribution >= 4 is 34.1 Å². The van der Waals surface area contributed by atoms with Crippen molar-refractivity contribution in [1.29, 1.82) is 0 Å². The fraction of sp³-hybridized carbons (Fsp3) is 0.484. The summed E-state index contributed by atoms with van der Waals surface area (Å²) < 4.78 is 14.5. The molecule has 0 bridgehead atoms. The van der Waals surface area contributed by atoms with E-state index in [0.717, 1.165) is 115 Å². The molecule has 1 spiro atoms. The highest BCUT2D eigenvalue weighted by Crippen LogP contribution is 2.51. The zero-order valence-corrected chi connectivity index (χ0v) is 23.3. The number of benzene rings is 2. The number of carbonyl (C=O) groups excluding carboxylic acids is 1. The summed E-state index contributed by atoms with van der Waals surface area (Å²) in [4.78, 5) is 16.4. The van der Waals surface area contributed by atoms with E-state index in [1.165, 1.54) is 11.6 Å². The first-order valence-electron chi connectivity index (χ1n) is 14.2.